The molecule has 0 radical (unpaired) electrons. The second kappa shape index (κ2) is 8.83. The molecular formula is C22H23N3O5S. The number of hydrogen-bond donors (Lipinski definition) is 0. The number of amides is 1. The van der Waals surface area contributed by atoms with Gasteiger partial charge < -0.3 is 4.90 Å². The lowest BCUT2D eigenvalue weighted by atomic mass is 10.1. The summed E-state index contributed by atoms with van der Waals surface area (Å²) in [6.45, 7) is 1.37. The smallest absolute Gasteiger partial charge is 0.269 e. The SMILES string of the molecule is CC(c1cccc([N+](=O)[O-])c1)N(C)C(=O)CN(C)S(=O)(=O)c1ccc2ccccc2c1. The molecular weight excluding hydrogens is 418 g/mol. The van der Waals surface area contributed by atoms with E-state index in [0.29, 0.717) is 5.56 Å². The van der Waals surface area contributed by atoms with Gasteiger partial charge in [-0.1, -0.05) is 42.5 Å². The Hall–Kier alpha value is -3.30. The van der Waals surface area contributed by atoms with Gasteiger partial charge >= 0.3 is 0 Å². The van der Waals surface area contributed by atoms with E-state index in [2.05, 4.69) is 0 Å². The first-order valence-corrected chi connectivity index (χ1v) is 11.0. The van der Waals surface area contributed by atoms with Gasteiger partial charge in [0.05, 0.1) is 22.4 Å². The van der Waals surface area contributed by atoms with E-state index in [9.17, 15) is 23.3 Å². The Morgan fingerprint density at radius 1 is 1.00 bits per heavy atom. The van der Waals surface area contributed by atoms with Crippen molar-refractivity contribution in [1.82, 2.24) is 9.21 Å². The number of fused-ring (bicyclic) bond motifs is 1. The minimum Gasteiger partial charge on any atom is -0.338 e. The highest BCUT2D eigenvalue weighted by Crippen LogP contribution is 2.24. The molecule has 0 N–H and O–H groups in total. The maximum absolute atomic E-state index is 13.0. The van der Waals surface area contributed by atoms with E-state index in [-0.39, 0.29) is 17.1 Å². The summed E-state index contributed by atoms with van der Waals surface area (Å²) in [4.78, 5) is 24.8. The number of nitro groups is 1. The molecule has 1 atom stereocenters. The molecule has 0 saturated heterocycles. The van der Waals surface area contributed by atoms with Crippen molar-refractivity contribution in [2.45, 2.75) is 17.9 Å². The molecule has 0 aliphatic heterocycles. The Kier molecular flexibility index (Phi) is 6.37. The molecule has 0 fully saturated rings. The van der Waals surface area contributed by atoms with Crippen LogP contribution in [0.1, 0.15) is 18.5 Å². The maximum Gasteiger partial charge on any atom is 0.269 e. The van der Waals surface area contributed by atoms with Gasteiger partial charge in [-0.15, -0.1) is 0 Å². The molecule has 1 amide bonds. The fourth-order valence-electron chi connectivity index (χ4n) is 3.23. The van der Waals surface area contributed by atoms with Crippen LogP contribution in [-0.4, -0.2) is 49.1 Å². The Labute approximate surface area is 180 Å². The van der Waals surface area contributed by atoms with Crippen LogP contribution in [0.3, 0.4) is 0 Å². The van der Waals surface area contributed by atoms with E-state index in [0.717, 1.165) is 15.1 Å². The number of carbonyl (C=O) groups excluding carboxylic acids is 1. The first-order chi connectivity index (χ1) is 14.6. The zero-order valence-corrected chi connectivity index (χ0v) is 18.2. The third kappa shape index (κ3) is 4.73. The maximum atomic E-state index is 13.0. The predicted octanol–water partition coefficient (Wildman–Crippen LogP) is 3.59. The number of nitro benzene ring substituents is 1. The van der Waals surface area contributed by atoms with Gasteiger partial charge in [0.1, 0.15) is 0 Å². The molecule has 1 unspecified atom stereocenters. The summed E-state index contributed by atoms with van der Waals surface area (Å²) in [5.74, 6) is -0.425. The third-order valence-electron chi connectivity index (χ3n) is 5.32. The summed E-state index contributed by atoms with van der Waals surface area (Å²) in [5, 5.41) is 12.7. The van der Waals surface area contributed by atoms with Gasteiger partial charge in [-0.05, 0) is 35.4 Å². The van der Waals surface area contributed by atoms with Crippen molar-refractivity contribution in [1.29, 1.82) is 0 Å². The highest BCUT2D eigenvalue weighted by atomic mass is 32.2. The van der Waals surface area contributed by atoms with E-state index in [1.165, 1.54) is 30.1 Å². The van der Waals surface area contributed by atoms with Crippen molar-refractivity contribution in [2.24, 2.45) is 0 Å². The lowest BCUT2D eigenvalue weighted by Gasteiger charge is -2.27. The van der Waals surface area contributed by atoms with Crippen LogP contribution in [0.4, 0.5) is 5.69 Å². The molecule has 0 bridgehead atoms. The van der Waals surface area contributed by atoms with Crippen LogP contribution in [0.25, 0.3) is 10.8 Å². The fraction of sp³-hybridized carbons (Fsp3) is 0.227. The molecule has 0 aromatic heterocycles. The monoisotopic (exact) mass is 441 g/mol. The molecule has 0 aliphatic carbocycles. The number of carbonyl (C=O) groups is 1. The van der Waals surface area contributed by atoms with E-state index >= 15 is 0 Å². The van der Waals surface area contributed by atoms with Crippen molar-refractivity contribution in [2.75, 3.05) is 20.6 Å². The molecule has 0 saturated carbocycles. The fourth-order valence-corrected chi connectivity index (χ4v) is 4.39. The number of nitrogens with zero attached hydrogens (tertiary/aromatic N) is 3. The van der Waals surface area contributed by atoms with E-state index in [1.54, 1.807) is 38.2 Å². The van der Waals surface area contributed by atoms with Gasteiger partial charge in [0.15, 0.2) is 0 Å². The zero-order chi connectivity index (χ0) is 22.8. The van der Waals surface area contributed by atoms with Crippen LogP contribution in [0.15, 0.2) is 71.6 Å². The first kappa shape index (κ1) is 22.4. The van der Waals surface area contributed by atoms with E-state index in [4.69, 9.17) is 0 Å². The average molecular weight is 442 g/mol. The molecule has 3 aromatic carbocycles. The molecule has 31 heavy (non-hydrogen) atoms. The molecule has 9 heteroatoms. The Morgan fingerprint density at radius 2 is 1.68 bits per heavy atom. The summed E-state index contributed by atoms with van der Waals surface area (Å²) in [6.07, 6.45) is 0. The summed E-state index contributed by atoms with van der Waals surface area (Å²) in [7, 11) is -0.971. The average Bonchev–Trinajstić information content (AvgIpc) is 2.77. The molecule has 8 nitrogen and oxygen atoms in total. The summed E-state index contributed by atoms with van der Waals surface area (Å²) < 4.78 is 27.0. The summed E-state index contributed by atoms with van der Waals surface area (Å²) >= 11 is 0. The molecule has 162 valence electrons. The second-order valence-electron chi connectivity index (χ2n) is 7.30. The second-order valence-corrected chi connectivity index (χ2v) is 9.35. The van der Waals surface area contributed by atoms with Gasteiger partial charge in [-0.3, -0.25) is 14.9 Å². The van der Waals surface area contributed by atoms with Gasteiger partial charge in [-0.25, -0.2) is 8.42 Å². The standard InChI is InChI=1S/C22H23N3O5S/c1-16(18-9-6-10-20(13-18)25(27)28)24(3)22(26)15-23(2)31(29,30)21-12-11-17-7-4-5-8-19(17)14-21/h4-14,16H,15H2,1-3H3. The molecule has 0 aliphatic rings. The van der Waals surface area contributed by atoms with Crippen LogP contribution in [0.2, 0.25) is 0 Å². The van der Waals surface area contributed by atoms with Crippen LogP contribution in [0, 0.1) is 10.1 Å². The Bertz CT molecular complexity index is 1240. The number of rotatable bonds is 7. The van der Waals surface area contributed by atoms with Crippen LogP contribution in [0.5, 0.6) is 0 Å². The molecule has 3 aromatic rings. The van der Waals surface area contributed by atoms with Crippen molar-refractivity contribution in [3.63, 3.8) is 0 Å². The number of benzene rings is 3. The molecule has 3 rings (SSSR count). The minimum atomic E-state index is -3.87. The number of likely N-dealkylation sites (N-methyl/N-ethyl adjacent to an activating group) is 2. The van der Waals surface area contributed by atoms with Gasteiger partial charge in [0, 0.05) is 26.2 Å². The number of non-ortho nitro benzene ring substituents is 1. The Balaban J connectivity index is 1.76. The summed E-state index contributed by atoms with van der Waals surface area (Å²) in [6, 6.07) is 17.8. The third-order valence-corrected chi connectivity index (χ3v) is 7.12. The minimum absolute atomic E-state index is 0.0683. The highest BCUT2D eigenvalue weighted by Gasteiger charge is 2.26. The topological polar surface area (TPSA) is 101 Å². The van der Waals surface area contributed by atoms with Crippen molar-refractivity contribution in [3.05, 3.63) is 82.4 Å². The van der Waals surface area contributed by atoms with Crippen molar-refractivity contribution >= 4 is 32.4 Å². The van der Waals surface area contributed by atoms with Crippen LogP contribution in [-0.2, 0) is 14.8 Å². The van der Waals surface area contributed by atoms with Crippen molar-refractivity contribution in [3.8, 4) is 0 Å². The number of hydrogen-bond acceptors (Lipinski definition) is 5. The lowest BCUT2D eigenvalue weighted by molar-refractivity contribution is -0.384. The highest BCUT2D eigenvalue weighted by molar-refractivity contribution is 7.89. The van der Waals surface area contributed by atoms with Gasteiger partial charge in [0.2, 0.25) is 15.9 Å². The largest absolute Gasteiger partial charge is 0.338 e. The van der Waals surface area contributed by atoms with E-state index in [1.807, 2.05) is 24.3 Å². The first-order valence-electron chi connectivity index (χ1n) is 9.56. The zero-order valence-electron chi connectivity index (χ0n) is 17.4. The van der Waals surface area contributed by atoms with Gasteiger partial charge in [0.25, 0.3) is 5.69 Å². The van der Waals surface area contributed by atoms with E-state index < -0.39 is 26.9 Å². The Morgan fingerprint density at radius 3 is 2.35 bits per heavy atom. The van der Waals surface area contributed by atoms with Gasteiger partial charge in [-0.2, -0.15) is 4.31 Å². The molecule has 0 heterocycles. The lowest BCUT2D eigenvalue weighted by Crippen LogP contribution is -2.40. The van der Waals surface area contributed by atoms with Crippen LogP contribution >= 0.6 is 0 Å². The molecule has 0 spiro atoms. The predicted molar refractivity (Wildman–Crippen MR) is 118 cm³/mol. The van der Waals surface area contributed by atoms with Crippen LogP contribution < -0.4 is 0 Å². The normalized spacial score (nSPS) is 12.6. The quantitative estimate of drug-likeness (QED) is 0.412. The number of sulfonamides is 1. The van der Waals surface area contributed by atoms with Crippen molar-refractivity contribution < 1.29 is 18.1 Å². The summed E-state index contributed by atoms with van der Waals surface area (Å²) in [5.41, 5.74) is 0.520.